The topological polar surface area (TPSA) is 52.7 Å². The molecule has 0 radical (unpaired) electrons. The third kappa shape index (κ3) is 4.87. The van der Waals surface area contributed by atoms with E-state index < -0.39 is 6.10 Å². The van der Waals surface area contributed by atoms with Crippen molar-refractivity contribution < 1.29 is 19.8 Å². The van der Waals surface area contributed by atoms with Crippen LogP contribution < -0.4 is 4.74 Å². The second-order valence-electron chi connectivity index (χ2n) is 5.56. The number of nitrogens with zero attached hydrogens (tertiary/aromatic N) is 1. The van der Waals surface area contributed by atoms with Gasteiger partial charge in [0.1, 0.15) is 12.4 Å². The van der Waals surface area contributed by atoms with Crippen molar-refractivity contribution in [1.82, 2.24) is 0 Å². The Morgan fingerprint density at radius 3 is 2.50 bits per heavy atom. The molecule has 0 amide bonds. The average Bonchev–Trinajstić information content (AvgIpc) is 2.54. The number of halogens is 2. The molecule has 0 saturated heterocycles. The molecule has 0 fully saturated rings. The van der Waals surface area contributed by atoms with Crippen molar-refractivity contribution in [3.05, 3.63) is 63.6 Å². The summed E-state index contributed by atoms with van der Waals surface area (Å²) in [6.45, 7) is 2.05. The number of ether oxygens (including phenoxy) is 1. The molecule has 1 unspecified atom stereocenters. The van der Waals surface area contributed by atoms with Gasteiger partial charge in [-0.15, -0.1) is 0 Å². The zero-order valence-corrected chi connectivity index (χ0v) is 15.1. The molecule has 1 atom stereocenters. The Bertz CT molecular complexity index is 729. The lowest BCUT2D eigenvalue weighted by molar-refractivity contribution is -0.755. The summed E-state index contributed by atoms with van der Waals surface area (Å²) in [4.78, 5) is 0. The second kappa shape index (κ2) is 8.38. The van der Waals surface area contributed by atoms with Gasteiger partial charge in [0, 0.05) is 17.5 Å². The Labute approximate surface area is 151 Å². The van der Waals surface area contributed by atoms with Crippen molar-refractivity contribution in [3.63, 3.8) is 0 Å². The van der Waals surface area contributed by atoms with E-state index in [1.165, 1.54) is 7.05 Å². The maximum Gasteiger partial charge on any atom is 0.203 e. The fraction of sp³-hybridized carbons (Fsp3) is 0.278. The summed E-state index contributed by atoms with van der Waals surface area (Å²) in [7, 11) is 1.50. The number of benzene rings is 2. The van der Waals surface area contributed by atoms with Gasteiger partial charge in [0.2, 0.25) is 5.71 Å². The molecule has 2 rings (SSSR count). The van der Waals surface area contributed by atoms with E-state index in [1.807, 2.05) is 30.3 Å². The number of aliphatic hydroxyl groups excluding tert-OH is 1. The molecule has 2 aromatic carbocycles. The van der Waals surface area contributed by atoms with E-state index in [0.717, 1.165) is 10.3 Å². The molecule has 6 heteroatoms. The van der Waals surface area contributed by atoms with Gasteiger partial charge in [-0.1, -0.05) is 53.5 Å². The van der Waals surface area contributed by atoms with Crippen LogP contribution >= 0.6 is 23.2 Å². The molecule has 2 aromatic rings. The van der Waals surface area contributed by atoms with Crippen molar-refractivity contribution in [2.24, 2.45) is 0 Å². The Morgan fingerprint density at radius 2 is 1.88 bits per heavy atom. The molecule has 0 spiro atoms. The summed E-state index contributed by atoms with van der Waals surface area (Å²) in [5.41, 5.74) is 2.08. The first-order chi connectivity index (χ1) is 11.4. The first-order valence-electron chi connectivity index (χ1n) is 7.47. The average molecular weight is 369 g/mol. The van der Waals surface area contributed by atoms with Gasteiger partial charge in [-0.05, 0) is 22.4 Å². The molecule has 2 N–H and O–H groups in total. The maximum absolute atomic E-state index is 10.5. The summed E-state index contributed by atoms with van der Waals surface area (Å²) in [6, 6.07) is 12.9. The fourth-order valence-electron chi connectivity index (χ4n) is 2.23. The van der Waals surface area contributed by atoms with Gasteiger partial charge in [0.05, 0.1) is 17.5 Å². The Balaban J connectivity index is 2.28. The van der Waals surface area contributed by atoms with Crippen LogP contribution in [0.15, 0.2) is 42.5 Å². The van der Waals surface area contributed by atoms with Gasteiger partial charge < -0.3 is 9.84 Å². The lowest BCUT2D eigenvalue weighted by atomic mass is 10.0. The predicted molar refractivity (Wildman–Crippen MR) is 95.5 cm³/mol. The van der Waals surface area contributed by atoms with Crippen LogP contribution in [0.5, 0.6) is 5.75 Å². The Kier molecular flexibility index (Phi) is 6.49. The molecule has 128 valence electrons. The zero-order valence-electron chi connectivity index (χ0n) is 13.5. The molecule has 0 aliphatic carbocycles. The first kappa shape index (κ1) is 18.6. The number of hydrogen-bond acceptors (Lipinski definition) is 3. The number of hydrogen-bond donors (Lipinski definition) is 2. The van der Waals surface area contributed by atoms with Crippen molar-refractivity contribution in [2.75, 3.05) is 7.05 Å². The van der Waals surface area contributed by atoms with Crippen LogP contribution in [0.25, 0.3) is 0 Å². The molecule has 0 aliphatic heterocycles. The molecule has 4 nitrogen and oxygen atoms in total. The van der Waals surface area contributed by atoms with Crippen molar-refractivity contribution in [3.8, 4) is 5.75 Å². The summed E-state index contributed by atoms with van der Waals surface area (Å²) in [5, 5.41) is 20.7. The highest BCUT2D eigenvalue weighted by Gasteiger charge is 2.21. The molecular formula is C18H20Cl2NO3+. The third-order valence-electron chi connectivity index (χ3n) is 3.66. The van der Waals surface area contributed by atoms with Crippen LogP contribution in [0.1, 0.15) is 30.6 Å². The van der Waals surface area contributed by atoms with Crippen LogP contribution in [-0.4, -0.2) is 27.8 Å². The highest BCUT2D eigenvalue weighted by Crippen LogP contribution is 2.37. The lowest BCUT2D eigenvalue weighted by Gasteiger charge is -2.17. The van der Waals surface area contributed by atoms with E-state index in [2.05, 4.69) is 0 Å². The number of rotatable bonds is 6. The minimum atomic E-state index is -0.901. The van der Waals surface area contributed by atoms with E-state index in [4.69, 9.17) is 27.9 Å². The van der Waals surface area contributed by atoms with Crippen LogP contribution in [-0.2, 0) is 6.61 Å². The van der Waals surface area contributed by atoms with Crippen molar-refractivity contribution in [1.29, 1.82) is 0 Å². The summed E-state index contributed by atoms with van der Waals surface area (Å²) >= 11 is 12.3. The molecule has 0 bridgehead atoms. The van der Waals surface area contributed by atoms with Crippen molar-refractivity contribution in [2.45, 2.75) is 26.1 Å². The molecule has 0 aliphatic rings. The van der Waals surface area contributed by atoms with Gasteiger partial charge in [-0.3, -0.25) is 5.21 Å². The third-order valence-corrected chi connectivity index (χ3v) is 4.16. The second-order valence-corrected chi connectivity index (χ2v) is 6.40. The first-order valence-corrected chi connectivity index (χ1v) is 8.23. The predicted octanol–water partition coefficient (Wildman–Crippen LogP) is 4.49. The normalized spacial score (nSPS) is 13.4. The van der Waals surface area contributed by atoms with Gasteiger partial charge >= 0.3 is 0 Å². The number of aliphatic hydroxyl groups is 1. The zero-order chi connectivity index (χ0) is 17.7. The standard InChI is InChI=1S/C18H20Cl2NO3/c1-12(21(2)23)8-17(22)15-9-14(19)10-16(20)18(15)24-11-13-6-4-3-5-7-13/h3-7,9-10,17,22-23H,8,11H2,1-2H3/q+1. The van der Waals surface area contributed by atoms with Crippen LogP contribution in [0.4, 0.5) is 0 Å². The van der Waals surface area contributed by atoms with Crippen LogP contribution in [0.2, 0.25) is 10.0 Å². The summed E-state index contributed by atoms with van der Waals surface area (Å²) < 4.78 is 6.81. The minimum absolute atomic E-state index is 0.228. The molecule has 24 heavy (non-hydrogen) atoms. The summed E-state index contributed by atoms with van der Waals surface area (Å²) in [5.74, 6) is 0.394. The van der Waals surface area contributed by atoms with E-state index in [1.54, 1.807) is 19.1 Å². The SMILES string of the molecule is CC(CC(O)c1cc(Cl)cc(Cl)c1OCc1ccccc1)=[N+](C)O. The monoisotopic (exact) mass is 368 g/mol. The largest absolute Gasteiger partial charge is 0.487 e. The van der Waals surface area contributed by atoms with E-state index >= 15 is 0 Å². The van der Waals surface area contributed by atoms with Gasteiger partial charge in [-0.25, -0.2) is 0 Å². The van der Waals surface area contributed by atoms with Gasteiger partial charge in [0.15, 0.2) is 7.05 Å². The van der Waals surface area contributed by atoms with Crippen LogP contribution in [0, 0.1) is 0 Å². The van der Waals surface area contributed by atoms with E-state index in [-0.39, 0.29) is 6.42 Å². The number of hydroxylamine groups is 1. The molecular weight excluding hydrogens is 349 g/mol. The molecule has 0 heterocycles. The molecule has 0 aromatic heterocycles. The smallest absolute Gasteiger partial charge is 0.203 e. The lowest BCUT2D eigenvalue weighted by Crippen LogP contribution is -2.14. The quantitative estimate of drug-likeness (QED) is 0.342. The van der Waals surface area contributed by atoms with E-state index in [9.17, 15) is 10.3 Å². The maximum atomic E-state index is 10.5. The highest BCUT2D eigenvalue weighted by molar-refractivity contribution is 6.35. The summed E-state index contributed by atoms with van der Waals surface area (Å²) in [6.07, 6.45) is -0.674. The van der Waals surface area contributed by atoms with E-state index in [0.29, 0.717) is 33.7 Å². The Morgan fingerprint density at radius 1 is 1.21 bits per heavy atom. The highest BCUT2D eigenvalue weighted by atomic mass is 35.5. The fourth-order valence-corrected chi connectivity index (χ4v) is 2.80. The minimum Gasteiger partial charge on any atom is -0.487 e. The van der Waals surface area contributed by atoms with Gasteiger partial charge in [0.25, 0.3) is 0 Å². The van der Waals surface area contributed by atoms with Crippen LogP contribution in [0.3, 0.4) is 0 Å². The Hall–Kier alpha value is -1.75. The molecule has 0 saturated carbocycles. The van der Waals surface area contributed by atoms with Crippen molar-refractivity contribution >= 4 is 28.9 Å². The van der Waals surface area contributed by atoms with Gasteiger partial charge in [-0.2, -0.15) is 0 Å².